The van der Waals surface area contributed by atoms with Crippen molar-refractivity contribution in [1.82, 2.24) is 5.32 Å². The van der Waals surface area contributed by atoms with Crippen molar-refractivity contribution in [3.05, 3.63) is 65.0 Å². The predicted molar refractivity (Wildman–Crippen MR) is 106 cm³/mol. The monoisotopic (exact) mass is 392 g/mol. The van der Waals surface area contributed by atoms with Gasteiger partial charge < -0.3 is 5.32 Å². The first-order valence-corrected chi connectivity index (χ1v) is 10.6. The average molecular weight is 392 g/mol. The Bertz CT molecular complexity index is 896. The van der Waals surface area contributed by atoms with Crippen molar-refractivity contribution < 1.29 is 17.6 Å². The first-order chi connectivity index (χ1) is 12.7. The molecule has 0 spiro atoms. The minimum atomic E-state index is -3.59. The van der Waals surface area contributed by atoms with Crippen LogP contribution in [0.3, 0.4) is 0 Å². The molecule has 1 amide bonds. The second kappa shape index (κ2) is 8.99. The van der Waals surface area contributed by atoms with Crippen LogP contribution in [0.5, 0.6) is 0 Å². The van der Waals surface area contributed by atoms with Gasteiger partial charge in [0.2, 0.25) is 15.9 Å². The van der Waals surface area contributed by atoms with Crippen molar-refractivity contribution in [2.24, 2.45) is 0 Å². The summed E-state index contributed by atoms with van der Waals surface area (Å²) in [5.74, 6) is -0.639. The van der Waals surface area contributed by atoms with Crippen molar-refractivity contribution in [3.8, 4) is 0 Å². The van der Waals surface area contributed by atoms with E-state index in [1.54, 1.807) is 24.3 Å². The van der Waals surface area contributed by atoms with Crippen LogP contribution >= 0.6 is 0 Å². The number of amides is 1. The molecule has 0 saturated heterocycles. The summed E-state index contributed by atoms with van der Waals surface area (Å²) in [5.41, 5.74) is 3.28. The van der Waals surface area contributed by atoms with Crippen LogP contribution in [0.2, 0.25) is 0 Å². The van der Waals surface area contributed by atoms with Gasteiger partial charge in [-0.15, -0.1) is 0 Å². The highest BCUT2D eigenvalue weighted by molar-refractivity contribution is 7.92. The van der Waals surface area contributed by atoms with Gasteiger partial charge in [-0.05, 0) is 61.6 Å². The van der Waals surface area contributed by atoms with Gasteiger partial charge in [-0.1, -0.05) is 24.3 Å². The summed E-state index contributed by atoms with van der Waals surface area (Å²) >= 11 is 0. The zero-order valence-electron chi connectivity index (χ0n) is 15.8. The van der Waals surface area contributed by atoms with Crippen LogP contribution in [-0.2, 0) is 21.2 Å². The van der Waals surface area contributed by atoms with Crippen LogP contribution in [0.15, 0.2) is 42.5 Å². The molecule has 0 atom stereocenters. The van der Waals surface area contributed by atoms with Crippen LogP contribution < -0.4 is 9.62 Å². The van der Waals surface area contributed by atoms with E-state index in [9.17, 15) is 17.6 Å². The molecule has 0 aliphatic heterocycles. The van der Waals surface area contributed by atoms with E-state index < -0.39 is 10.0 Å². The third kappa shape index (κ3) is 6.06. The van der Waals surface area contributed by atoms with E-state index in [1.807, 2.05) is 19.9 Å². The highest BCUT2D eigenvalue weighted by Crippen LogP contribution is 2.24. The minimum absolute atomic E-state index is 0.264. The molecular weight excluding hydrogens is 367 g/mol. The van der Waals surface area contributed by atoms with Gasteiger partial charge in [-0.2, -0.15) is 0 Å². The molecule has 0 aliphatic rings. The topological polar surface area (TPSA) is 66.5 Å². The van der Waals surface area contributed by atoms with Gasteiger partial charge in [0.05, 0.1) is 11.9 Å². The van der Waals surface area contributed by atoms with Gasteiger partial charge in [0.25, 0.3) is 0 Å². The van der Waals surface area contributed by atoms with Crippen molar-refractivity contribution in [3.63, 3.8) is 0 Å². The maximum Gasteiger partial charge on any atom is 0.240 e. The standard InChI is InChI=1S/C20H25FN2O3S/c1-15-6-4-8-19(16(15)2)23(27(3,25)26)14-20(24)22-13-5-7-17-9-11-18(21)12-10-17/h4,6,8-12H,5,7,13-14H2,1-3H3,(H,22,24). The SMILES string of the molecule is Cc1cccc(N(CC(=O)NCCCc2ccc(F)cc2)S(C)(=O)=O)c1C. The fourth-order valence-corrected chi connectivity index (χ4v) is 3.65. The summed E-state index contributed by atoms with van der Waals surface area (Å²) in [6, 6.07) is 11.6. The maximum atomic E-state index is 12.9. The zero-order chi connectivity index (χ0) is 20.0. The quantitative estimate of drug-likeness (QED) is 0.703. The molecule has 0 bridgehead atoms. The lowest BCUT2D eigenvalue weighted by Gasteiger charge is -2.24. The van der Waals surface area contributed by atoms with Crippen LogP contribution in [0.4, 0.5) is 10.1 Å². The molecule has 2 aromatic rings. The molecule has 1 N–H and O–H groups in total. The Morgan fingerprint density at radius 1 is 1.11 bits per heavy atom. The van der Waals surface area contributed by atoms with E-state index in [0.29, 0.717) is 25.1 Å². The average Bonchev–Trinajstić information content (AvgIpc) is 2.60. The number of rotatable bonds is 8. The Kier molecular flexibility index (Phi) is 6.96. The number of carbonyl (C=O) groups excluding carboxylic acids is 1. The predicted octanol–water partition coefficient (Wildman–Crippen LogP) is 2.96. The fourth-order valence-electron chi connectivity index (χ4n) is 2.74. The second-order valence-corrected chi connectivity index (χ2v) is 8.48. The second-order valence-electron chi connectivity index (χ2n) is 6.57. The van der Waals surface area contributed by atoms with Crippen LogP contribution in [0.25, 0.3) is 0 Å². The Morgan fingerprint density at radius 3 is 2.41 bits per heavy atom. The lowest BCUT2D eigenvalue weighted by molar-refractivity contribution is -0.119. The zero-order valence-corrected chi connectivity index (χ0v) is 16.6. The minimum Gasteiger partial charge on any atom is -0.355 e. The summed E-state index contributed by atoms with van der Waals surface area (Å²) < 4.78 is 38.4. The van der Waals surface area contributed by atoms with Crippen molar-refractivity contribution >= 4 is 21.6 Å². The summed E-state index contributed by atoms with van der Waals surface area (Å²) in [5, 5.41) is 2.75. The molecule has 0 aliphatic carbocycles. The third-order valence-corrected chi connectivity index (χ3v) is 5.54. The molecule has 0 heterocycles. The van der Waals surface area contributed by atoms with Crippen molar-refractivity contribution in [2.45, 2.75) is 26.7 Å². The molecule has 0 aromatic heterocycles. The number of aryl methyl sites for hydroxylation is 2. The number of sulfonamides is 1. The molecule has 0 radical (unpaired) electrons. The van der Waals surface area contributed by atoms with Crippen LogP contribution in [-0.4, -0.2) is 33.7 Å². The summed E-state index contributed by atoms with van der Waals surface area (Å²) in [6.45, 7) is 3.89. The van der Waals surface area contributed by atoms with Gasteiger partial charge >= 0.3 is 0 Å². The Balaban J connectivity index is 1.94. The van der Waals surface area contributed by atoms with E-state index >= 15 is 0 Å². The fraction of sp³-hybridized carbons (Fsp3) is 0.350. The molecule has 7 heteroatoms. The molecule has 0 unspecified atom stereocenters. The van der Waals surface area contributed by atoms with Crippen molar-refractivity contribution in [1.29, 1.82) is 0 Å². The maximum absolute atomic E-state index is 12.9. The molecule has 0 saturated carbocycles. The Hall–Kier alpha value is -2.41. The van der Waals surface area contributed by atoms with Gasteiger partial charge in [-0.25, -0.2) is 12.8 Å². The number of hydrogen-bond donors (Lipinski definition) is 1. The Morgan fingerprint density at radius 2 is 1.78 bits per heavy atom. The van der Waals surface area contributed by atoms with E-state index in [-0.39, 0.29) is 18.3 Å². The van der Waals surface area contributed by atoms with Gasteiger partial charge in [0.1, 0.15) is 12.4 Å². The molecule has 0 fully saturated rings. The largest absolute Gasteiger partial charge is 0.355 e. The molecule has 2 rings (SSSR count). The Labute approximate surface area is 160 Å². The number of nitrogens with zero attached hydrogens (tertiary/aromatic N) is 1. The van der Waals surface area contributed by atoms with E-state index in [2.05, 4.69) is 5.32 Å². The third-order valence-electron chi connectivity index (χ3n) is 4.41. The van der Waals surface area contributed by atoms with Crippen LogP contribution in [0, 0.1) is 19.7 Å². The van der Waals surface area contributed by atoms with Crippen LogP contribution in [0.1, 0.15) is 23.1 Å². The van der Waals surface area contributed by atoms with E-state index in [0.717, 1.165) is 27.3 Å². The number of nitrogens with one attached hydrogen (secondary N) is 1. The van der Waals surface area contributed by atoms with Crippen molar-refractivity contribution in [2.75, 3.05) is 23.7 Å². The van der Waals surface area contributed by atoms with E-state index in [4.69, 9.17) is 0 Å². The van der Waals surface area contributed by atoms with E-state index in [1.165, 1.54) is 12.1 Å². The lowest BCUT2D eigenvalue weighted by Crippen LogP contribution is -2.41. The summed E-state index contributed by atoms with van der Waals surface area (Å²) in [6.07, 6.45) is 2.48. The highest BCUT2D eigenvalue weighted by Gasteiger charge is 2.22. The van der Waals surface area contributed by atoms with Gasteiger partial charge in [0.15, 0.2) is 0 Å². The first kappa shape index (κ1) is 20.9. The molecule has 5 nitrogen and oxygen atoms in total. The lowest BCUT2D eigenvalue weighted by atomic mass is 10.1. The first-order valence-electron chi connectivity index (χ1n) is 8.73. The molecule has 2 aromatic carbocycles. The summed E-state index contributed by atoms with van der Waals surface area (Å²) in [4.78, 5) is 12.3. The normalized spacial score (nSPS) is 11.3. The van der Waals surface area contributed by atoms with Gasteiger partial charge in [0, 0.05) is 6.54 Å². The highest BCUT2D eigenvalue weighted by atomic mass is 32.2. The number of hydrogen-bond acceptors (Lipinski definition) is 3. The molecular formula is C20H25FN2O3S. The number of carbonyl (C=O) groups is 1. The molecule has 146 valence electrons. The number of anilines is 1. The molecule has 27 heavy (non-hydrogen) atoms. The number of halogens is 1. The van der Waals surface area contributed by atoms with Gasteiger partial charge in [-0.3, -0.25) is 9.10 Å². The summed E-state index contributed by atoms with van der Waals surface area (Å²) in [7, 11) is -3.59. The number of benzene rings is 2. The smallest absolute Gasteiger partial charge is 0.240 e.